The van der Waals surface area contributed by atoms with Gasteiger partial charge in [0.15, 0.2) is 0 Å². The zero-order chi connectivity index (χ0) is 13.9. The van der Waals surface area contributed by atoms with Crippen molar-refractivity contribution in [1.82, 2.24) is 15.6 Å². The van der Waals surface area contributed by atoms with Gasteiger partial charge < -0.3 is 10.6 Å². The highest BCUT2D eigenvalue weighted by Gasteiger charge is 2.18. The highest BCUT2D eigenvalue weighted by molar-refractivity contribution is 6.32. The Morgan fingerprint density at radius 3 is 3.15 bits per heavy atom. The maximum atomic E-state index is 12.4. The Morgan fingerprint density at radius 1 is 1.45 bits per heavy atom. The molecule has 0 unspecified atom stereocenters. The van der Waals surface area contributed by atoms with E-state index >= 15 is 0 Å². The summed E-state index contributed by atoms with van der Waals surface area (Å²) in [4.78, 5) is 16.7. The number of aromatic nitrogens is 1. The molecule has 0 aliphatic carbocycles. The van der Waals surface area contributed by atoms with Gasteiger partial charge in [0.05, 0.1) is 11.1 Å². The van der Waals surface area contributed by atoms with Crippen LogP contribution in [-0.4, -0.2) is 30.0 Å². The number of hydrogen-bond donors (Lipinski definition) is 2. The molecular formula is C15H16ClN3O. The second-order valence-electron chi connectivity index (χ2n) is 5.05. The standard InChI is InChI=1S/C15H16ClN3O/c16-11-7-10-3-1-6-18-14(10)13(8-11)15(20)19-12-4-2-5-17-9-12/h1,3,6-8,12,17H,2,4-5,9H2,(H,19,20)/t12-/m0/s1. The minimum atomic E-state index is -0.107. The van der Waals surface area contributed by atoms with Gasteiger partial charge in [0.25, 0.3) is 5.91 Å². The number of carbonyl (C=O) groups is 1. The van der Waals surface area contributed by atoms with E-state index in [4.69, 9.17) is 11.6 Å². The normalized spacial score (nSPS) is 18.9. The van der Waals surface area contributed by atoms with Gasteiger partial charge >= 0.3 is 0 Å². The number of carbonyl (C=O) groups excluding carboxylic acids is 1. The van der Waals surface area contributed by atoms with E-state index in [9.17, 15) is 4.79 Å². The topological polar surface area (TPSA) is 54.0 Å². The van der Waals surface area contributed by atoms with E-state index in [0.29, 0.717) is 16.1 Å². The summed E-state index contributed by atoms with van der Waals surface area (Å²) in [7, 11) is 0. The first kappa shape index (κ1) is 13.3. The van der Waals surface area contributed by atoms with Gasteiger partial charge in [-0.1, -0.05) is 17.7 Å². The Kier molecular flexibility index (Phi) is 3.85. The Balaban J connectivity index is 1.90. The van der Waals surface area contributed by atoms with Crippen LogP contribution in [0.4, 0.5) is 0 Å². The summed E-state index contributed by atoms with van der Waals surface area (Å²) >= 11 is 6.09. The van der Waals surface area contributed by atoms with Crippen molar-refractivity contribution < 1.29 is 4.79 Å². The maximum absolute atomic E-state index is 12.4. The third-order valence-corrected chi connectivity index (χ3v) is 3.76. The molecule has 2 aromatic rings. The Bertz CT molecular complexity index is 638. The summed E-state index contributed by atoms with van der Waals surface area (Å²) in [6, 6.07) is 7.43. The predicted octanol–water partition coefficient (Wildman–Crippen LogP) is 2.37. The van der Waals surface area contributed by atoms with Gasteiger partial charge in [0, 0.05) is 29.2 Å². The highest BCUT2D eigenvalue weighted by atomic mass is 35.5. The third kappa shape index (κ3) is 2.76. The lowest BCUT2D eigenvalue weighted by atomic mass is 10.1. The zero-order valence-corrected chi connectivity index (χ0v) is 11.8. The van der Waals surface area contributed by atoms with E-state index in [1.165, 1.54) is 0 Å². The van der Waals surface area contributed by atoms with Crippen molar-refractivity contribution in [2.45, 2.75) is 18.9 Å². The third-order valence-electron chi connectivity index (χ3n) is 3.55. The van der Waals surface area contributed by atoms with Gasteiger partial charge in [-0.15, -0.1) is 0 Å². The monoisotopic (exact) mass is 289 g/mol. The molecule has 2 heterocycles. The molecule has 1 fully saturated rings. The molecule has 1 saturated heterocycles. The number of pyridine rings is 1. The van der Waals surface area contributed by atoms with Gasteiger partial charge in [-0.25, -0.2) is 0 Å². The van der Waals surface area contributed by atoms with Gasteiger partial charge in [0.1, 0.15) is 0 Å². The van der Waals surface area contributed by atoms with Crippen LogP contribution in [0.3, 0.4) is 0 Å². The molecule has 1 aromatic heterocycles. The van der Waals surface area contributed by atoms with Gasteiger partial charge in [-0.05, 0) is 37.6 Å². The van der Waals surface area contributed by atoms with E-state index < -0.39 is 0 Å². The average molecular weight is 290 g/mol. The minimum absolute atomic E-state index is 0.107. The molecular weight excluding hydrogens is 274 g/mol. The molecule has 4 nitrogen and oxygen atoms in total. The van der Waals surface area contributed by atoms with Gasteiger partial charge in [-0.2, -0.15) is 0 Å². The van der Waals surface area contributed by atoms with Gasteiger partial charge in [-0.3, -0.25) is 9.78 Å². The summed E-state index contributed by atoms with van der Waals surface area (Å²) in [6.07, 6.45) is 3.78. The summed E-state index contributed by atoms with van der Waals surface area (Å²) in [5.74, 6) is -0.107. The summed E-state index contributed by atoms with van der Waals surface area (Å²) in [5, 5.41) is 7.77. The molecule has 0 saturated carbocycles. The fourth-order valence-electron chi connectivity index (χ4n) is 2.57. The Hall–Kier alpha value is -1.65. The minimum Gasteiger partial charge on any atom is -0.348 e. The molecule has 5 heteroatoms. The first-order valence-electron chi connectivity index (χ1n) is 6.80. The molecule has 1 atom stereocenters. The summed E-state index contributed by atoms with van der Waals surface area (Å²) in [6.45, 7) is 1.84. The smallest absolute Gasteiger partial charge is 0.253 e. The number of nitrogens with one attached hydrogen (secondary N) is 2. The van der Waals surface area contributed by atoms with Crippen LogP contribution in [0.25, 0.3) is 10.9 Å². The van der Waals surface area contributed by atoms with E-state index in [1.807, 2.05) is 18.2 Å². The van der Waals surface area contributed by atoms with Crippen LogP contribution in [0.2, 0.25) is 5.02 Å². The molecule has 20 heavy (non-hydrogen) atoms. The van der Waals surface area contributed by atoms with Crippen molar-refractivity contribution in [2.75, 3.05) is 13.1 Å². The molecule has 0 spiro atoms. The van der Waals surface area contributed by atoms with E-state index in [2.05, 4.69) is 15.6 Å². The molecule has 3 rings (SSSR count). The van der Waals surface area contributed by atoms with Crippen LogP contribution in [-0.2, 0) is 0 Å². The second-order valence-corrected chi connectivity index (χ2v) is 5.48. The second kappa shape index (κ2) is 5.77. The SMILES string of the molecule is O=C(N[C@H]1CCCNC1)c1cc(Cl)cc2cccnc12. The Morgan fingerprint density at radius 2 is 2.35 bits per heavy atom. The lowest BCUT2D eigenvalue weighted by Crippen LogP contribution is -2.45. The number of piperidine rings is 1. The van der Waals surface area contributed by atoms with Crippen LogP contribution in [0, 0.1) is 0 Å². The van der Waals surface area contributed by atoms with Crippen LogP contribution in [0.15, 0.2) is 30.5 Å². The number of benzene rings is 1. The molecule has 1 aromatic carbocycles. The molecule has 0 radical (unpaired) electrons. The van der Waals surface area contributed by atoms with Crippen molar-refractivity contribution >= 4 is 28.4 Å². The average Bonchev–Trinajstić information content (AvgIpc) is 2.47. The summed E-state index contributed by atoms with van der Waals surface area (Å²) in [5.41, 5.74) is 1.23. The number of amides is 1. The van der Waals surface area contributed by atoms with Crippen molar-refractivity contribution in [3.05, 3.63) is 41.0 Å². The number of fused-ring (bicyclic) bond motifs is 1. The van der Waals surface area contributed by atoms with E-state index in [1.54, 1.807) is 12.3 Å². The first-order chi connectivity index (χ1) is 9.74. The van der Waals surface area contributed by atoms with Crippen molar-refractivity contribution in [3.8, 4) is 0 Å². The van der Waals surface area contributed by atoms with Crippen molar-refractivity contribution in [1.29, 1.82) is 0 Å². The fourth-order valence-corrected chi connectivity index (χ4v) is 2.79. The van der Waals surface area contributed by atoms with Crippen LogP contribution < -0.4 is 10.6 Å². The zero-order valence-electron chi connectivity index (χ0n) is 11.0. The van der Waals surface area contributed by atoms with Crippen LogP contribution in [0.5, 0.6) is 0 Å². The quantitative estimate of drug-likeness (QED) is 0.892. The lowest BCUT2D eigenvalue weighted by molar-refractivity contribution is 0.0932. The lowest BCUT2D eigenvalue weighted by Gasteiger charge is -2.24. The first-order valence-corrected chi connectivity index (χ1v) is 7.18. The Labute approximate surface area is 122 Å². The highest BCUT2D eigenvalue weighted by Crippen LogP contribution is 2.22. The molecule has 1 aliphatic heterocycles. The molecule has 1 aliphatic rings. The van der Waals surface area contributed by atoms with Crippen molar-refractivity contribution in [3.63, 3.8) is 0 Å². The summed E-state index contributed by atoms with van der Waals surface area (Å²) < 4.78 is 0. The predicted molar refractivity (Wildman–Crippen MR) is 80.1 cm³/mol. The number of nitrogens with zero attached hydrogens (tertiary/aromatic N) is 1. The molecule has 0 bridgehead atoms. The molecule has 1 amide bonds. The van der Waals surface area contributed by atoms with Crippen LogP contribution in [0.1, 0.15) is 23.2 Å². The maximum Gasteiger partial charge on any atom is 0.253 e. The van der Waals surface area contributed by atoms with E-state index in [0.717, 1.165) is 31.3 Å². The largest absolute Gasteiger partial charge is 0.348 e. The molecule has 104 valence electrons. The number of rotatable bonds is 2. The van der Waals surface area contributed by atoms with Crippen molar-refractivity contribution in [2.24, 2.45) is 0 Å². The number of hydrogen-bond acceptors (Lipinski definition) is 3. The van der Waals surface area contributed by atoms with Gasteiger partial charge in [0.2, 0.25) is 0 Å². The van der Waals surface area contributed by atoms with E-state index in [-0.39, 0.29) is 11.9 Å². The van der Waals surface area contributed by atoms with Crippen LogP contribution >= 0.6 is 11.6 Å². The molecule has 2 N–H and O–H groups in total. The fraction of sp³-hybridized carbons (Fsp3) is 0.333. The number of halogens is 1.